The predicted molar refractivity (Wildman–Crippen MR) is 318 cm³/mol. The van der Waals surface area contributed by atoms with E-state index in [1.165, 1.54) is 82.6 Å². The molecular weight excluding hydrogens is 919 g/mol. The Balaban J connectivity index is 0.866. The minimum absolute atomic E-state index is 0.531. The summed E-state index contributed by atoms with van der Waals surface area (Å²) >= 11 is 0. The summed E-state index contributed by atoms with van der Waals surface area (Å²) < 4.78 is 4.77. The molecule has 12 aromatic carbocycles. The van der Waals surface area contributed by atoms with Crippen LogP contribution in [0, 0.1) is 0 Å². The van der Waals surface area contributed by atoms with Gasteiger partial charge < -0.3 is 14.0 Å². The van der Waals surface area contributed by atoms with Crippen LogP contribution in [-0.2, 0) is 5.41 Å². The van der Waals surface area contributed by atoms with Gasteiger partial charge in [0.1, 0.15) is 0 Å². The van der Waals surface area contributed by atoms with Crippen molar-refractivity contribution in [2.45, 2.75) is 5.41 Å². The van der Waals surface area contributed by atoms with Crippen LogP contribution in [0.4, 0.5) is 17.1 Å². The fourth-order valence-corrected chi connectivity index (χ4v) is 12.7. The van der Waals surface area contributed by atoms with E-state index in [4.69, 9.17) is 0 Å². The second-order valence-corrected chi connectivity index (χ2v) is 20.0. The molecule has 3 nitrogen and oxygen atoms in total. The summed E-state index contributed by atoms with van der Waals surface area (Å²) in [5.41, 5.74) is 22.0. The largest absolute Gasteiger partial charge is 0.310 e. The highest BCUT2D eigenvalue weighted by Gasteiger charge is 2.47. The van der Waals surface area contributed by atoms with Gasteiger partial charge in [-0.15, -0.1) is 0 Å². The molecule has 0 spiro atoms. The van der Waals surface area contributed by atoms with Crippen LogP contribution < -0.4 is 4.90 Å². The van der Waals surface area contributed by atoms with Crippen molar-refractivity contribution in [3.8, 4) is 44.8 Å². The summed E-state index contributed by atoms with van der Waals surface area (Å²) in [7, 11) is 0. The molecule has 0 bridgehead atoms. The smallest absolute Gasteiger partial charge is 0.0714 e. The molecule has 0 atom stereocenters. The van der Waals surface area contributed by atoms with Gasteiger partial charge in [-0.3, -0.25) is 0 Å². The van der Waals surface area contributed by atoms with Crippen molar-refractivity contribution >= 4 is 60.7 Å². The number of rotatable bonds is 9. The van der Waals surface area contributed by atoms with Crippen LogP contribution >= 0.6 is 0 Å². The van der Waals surface area contributed by atoms with Crippen molar-refractivity contribution in [3.05, 3.63) is 320 Å². The normalized spacial score (nSPS) is 12.6. The van der Waals surface area contributed by atoms with Gasteiger partial charge in [0.15, 0.2) is 0 Å². The molecule has 0 N–H and O–H groups in total. The summed E-state index contributed by atoms with van der Waals surface area (Å²) in [6.45, 7) is 0. The molecule has 0 amide bonds. The minimum Gasteiger partial charge on any atom is -0.310 e. The molecule has 3 heteroatoms. The first kappa shape index (κ1) is 43.6. The van der Waals surface area contributed by atoms with Crippen LogP contribution in [0.3, 0.4) is 0 Å². The van der Waals surface area contributed by atoms with E-state index < -0.39 is 5.41 Å². The second kappa shape index (κ2) is 17.6. The lowest BCUT2D eigenvalue weighted by molar-refractivity contribution is 0.768. The lowest BCUT2D eigenvalue weighted by Crippen LogP contribution is -2.28. The van der Waals surface area contributed by atoms with Crippen molar-refractivity contribution in [2.24, 2.45) is 0 Å². The highest BCUT2D eigenvalue weighted by molar-refractivity contribution is 6.10. The highest BCUT2D eigenvalue weighted by Crippen LogP contribution is 2.59. The number of benzene rings is 12. The molecule has 0 saturated carbocycles. The van der Waals surface area contributed by atoms with E-state index in [-0.39, 0.29) is 0 Å². The van der Waals surface area contributed by atoms with E-state index >= 15 is 0 Å². The van der Waals surface area contributed by atoms with Crippen molar-refractivity contribution in [1.82, 2.24) is 9.13 Å². The maximum Gasteiger partial charge on any atom is 0.0714 e. The molecule has 0 fully saturated rings. The van der Waals surface area contributed by atoms with E-state index in [0.717, 1.165) is 45.1 Å². The van der Waals surface area contributed by atoms with E-state index in [0.29, 0.717) is 0 Å². The number of nitrogens with zero attached hydrogens (tertiary/aromatic N) is 3. The third-order valence-corrected chi connectivity index (χ3v) is 16.0. The monoisotopic (exact) mass is 967 g/mol. The average molecular weight is 968 g/mol. The first-order valence-electron chi connectivity index (χ1n) is 26.3. The fraction of sp³-hybridized carbons (Fsp3) is 0.0137. The van der Waals surface area contributed by atoms with Gasteiger partial charge in [0.25, 0.3) is 0 Å². The van der Waals surface area contributed by atoms with Gasteiger partial charge >= 0.3 is 0 Å². The standard InChI is InChI=1S/C73H49N3/c1-3-20-54(21-4-1)73(55-22-5-2-6-23-55)65-30-12-7-29-64(65)72-66(73)31-18-36-71(72)74(56-43-37-50(38-44-56)51-39-47-58(48-40-51)75-67-32-13-8-25-60(67)61-26-9-14-33-68(61)75)57-45-41-52(42-46-57)53-19-17-24-59(49-53)76-69-34-15-10-27-62(69)63-28-11-16-35-70(63)76/h1-49H. The van der Waals surface area contributed by atoms with E-state index in [1.54, 1.807) is 0 Å². The van der Waals surface area contributed by atoms with Gasteiger partial charge in [0, 0.05) is 49.9 Å². The number of fused-ring (bicyclic) bond motifs is 9. The Kier molecular flexibility index (Phi) is 10.1. The zero-order valence-corrected chi connectivity index (χ0v) is 41.6. The van der Waals surface area contributed by atoms with Crippen LogP contribution in [0.1, 0.15) is 22.3 Å². The van der Waals surface area contributed by atoms with Gasteiger partial charge in [-0.1, -0.05) is 218 Å². The molecule has 76 heavy (non-hydrogen) atoms. The Bertz CT molecular complexity index is 4340. The summed E-state index contributed by atoms with van der Waals surface area (Å²) in [5.74, 6) is 0. The van der Waals surface area contributed by atoms with Gasteiger partial charge in [0.2, 0.25) is 0 Å². The molecule has 15 rings (SSSR count). The Morgan fingerprint density at radius 1 is 0.276 bits per heavy atom. The highest BCUT2D eigenvalue weighted by atomic mass is 15.1. The Morgan fingerprint density at radius 2 is 0.684 bits per heavy atom. The quantitative estimate of drug-likeness (QED) is 0.140. The molecule has 356 valence electrons. The third-order valence-electron chi connectivity index (χ3n) is 16.0. The zero-order chi connectivity index (χ0) is 50.2. The van der Waals surface area contributed by atoms with Gasteiger partial charge in [-0.2, -0.15) is 0 Å². The van der Waals surface area contributed by atoms with Crippen molar-refractivity contribution < 1.29 is 0 Å². The Labute approximate surface area is 442 Å². The molecule has 1 aliphatic rings. The number of para-hydroxylation sites is 4. The molecule has 2 aromatic heterocycles. The third kappa shape index (κ3) is 6.69. The molecule has 0 saturated heterocycles. The lowest BCUT2D eigenvalue weighted by atomic mass is 9.68. The number of hydrogen-bond donors (Lipinski definition) is 0. The lowest BCUT2D eigenvalue weighted by Gasteiger charge is -2.34. The first-order chi connectivity index (χ1) is 37.7. The summed E-state index contributed by atoms with van der Waals surface area (Å²) in [6.07, 6.45) is 0. The maximum absolute atomic E-state index is 2.47. The van der Waals surface area contributed by atoms with E-state index in [1.807, 2.05) is 0 Å². The average Bonchev–Trinajstić information content (AvgIpc) is 4.21. The van der Waals surface area contributed by atoms with Crippen molar-refractivity contribution in [1.29, 1.82) is 0 Å². The maximum atomic E-state index is 2.47. The number of hydrogen-bond acceptors (Lipinski definition) is 1. The van der Waals surface area contributed by atoms with Crippen molar-refractivity contribution in [3.63, 3.8) is 0 Å². The van der Waals surface area contributed by atoms with Gasteiger partial charge in [-0.05, 0) is 129 Å². The molecule has 0 radical (unpaired) electrons. The van der Waals surface area contributed by atoms with Crippen LogP contribution in [0.2, 0.25) is 0 Å². The van der Waals surface area contributed by atoms with Crippen molar-refractivity contribution in [2.75, 3.05) is 4.90 Å². The molecule has 1 aliphatic carbocycles. The zero-order valence-electron chi connectivity index (χ0n) is 41.6. The van der Waals surface area contributed by atoms with Crippen LogP contribution in [0.25, 0.3) is 88.4 Å². The Morgan fingerprint density at radius 3 is 1.21 bits per heavy atom. The number of aromatic nitrogens is 2. The number of anilines is 3. The first-order valence-corrected chi connectivity index (χ1v) is 26.3. The van der Waals surface area contributed by atoms with Crippen LogP contribution in [0.15, 0.2) is 297 Å². The van der Waals surface area contributed by atoms with Gasteiger partial charge in [-0.25, -0.2) is 0 Å². The van der Waals surface area contributed by atoms with E-state index in [9.17, 15) is 0 Å². The summed E-state index contributed by atoms with van der Waals surface area (Å²) in [4.78, 5) is 2.47. The van der Waals surface area contributed by atoms with Gasteiger partial charge in [0.05, 0.1) is 33.2 Å². The van der Waals surface area contributed by atoms with Crippen LogP contribution in [-0.4, -0.2) is 9.13 Å². The van der Waals surface area contributed by atoms with E-state index in [2.05, 4.69) is 311 Å². The molecule has 2 heterocycles. The molecular formula is C73H49N3. The molecule has 0 unspecified atom stereocenters. The Hall–Kier alpha value is -9.96. The fourth-order valence-electron chi connectivity index (χ4n) is 12.7. The SMILES string of the molecule is c1ccc(C2(c3ccccc3)c3ccccc3-c3c(N(c4ccc(-c5ccc(-n6c7ccccc7c7ccccc76)cc5)cc4)c4ccc(-c5cccc(-n6c7ccccc7c7ccccc76)c5)cc4)cccc32)cc1. The molecule has 14 aromatic rings. The minimum atomic E-state index is -0.531. The predicted octanol–water partition coefficient (Wildman–Crippen LogP) is 19.0. The van der Waals surface area contributed by atoms with Crippen LogP contribution in [0.5, 0.6) is 0 Å². The topological polar surface area (TPSA) is 13.1 Å². The summed E-state index contributed by atoms with van der Waals surface area (Å²) in [6, 6.07) is 109. The molecule has 0 aliphatic heterocycles. The second-order valence-electron chi connectivity index (χ2n) is 20.0. The summed E-state index contributed by atoms with van der Waals surface area (Å²) in [5, 5.41) is 5.04.